The maximum absolute atomic E-state index is 15.0. The fourth-order valence-corrected chi connectivity index (χ4v) is 9.00. The number of fused-ring (bicyclic) bond motifs is 4. The molecule has 1 saturated carbocycles. The molecule has 6 nitrogen and oxygen atoms in total. The zero-order valence-corrected chi connectivity index (χ0v) is 29.9. The minimum absolute atomic E-state index is 0.576. The standard InChI is InChI=1S/C44H50N4O2/c1-5-23-47(24-6-2)41-29-17-11-9-15-27(29)35(28-16-10-12-18-30(28)41)39-43(49)40(44(39)50)38-36-31(19-13-21-33(36)45)42(48(25-7-3)26-8-4)32-20-14-22-34(46)37(32)38/h9-22,39-40,43-44H,5-8,23-26,45-46H2,1-4H3/q-2. The van der Waals surface area contributed by atoms with Gasteiger partial charge in [0.15, 0.2) is 0 Å². The highest BCUT2D eigenvalue weighted by atomic mass is 16.3. The summed E-state index contributed by atoms with van der Waals surface area (Å²) in [5.41, 5.74) is 18.7. The van der Waals surface area contributed by atoms with Crippen molar-refractivity contribution in [3.8, 4) is 0 Å². The molecule has 2 unspecified atom stereocenters. The monoisotopic (exact) mass is 666 g/mol. The van der Waals surface area contributed by atoms with E-state index in [9.17, 15) is 10.2 Å². The molecule has 0 aromatic heterocycles. The van der Waals surface area contributed by atoms with E-state index in [2.05, 4.69) is 86.0 Å². The Balaban J connectivity index is 1.46. The van der Waals surface area contributed by atoms with Gasteiger partial charge in [-0.3, -0.25) is 0 Å². The maximum atomic E-state index is 15.0. The number of benzene rings is 6. The molecule has 6 aromatic rings. The molecule has 50 heavy (non-hydrogen) atoms. The highest BCUT2D eigenvalue weighted by Gasteiger charge is 2.42. The molecule has 1 aliphatic carbocycles. The Morgan fingerprint density at radius 1 is 0.460 bits per heavy atom. The van der Waals surface area contributed by atoms with Crippen molar-refractivity contribution in [3.63, 3.8) is 0 Å². The summed E-state index contributed by atoms with van der Waals surface area (Å²) in [5, 5.41) is 37.8. The van der Waals surface area contributed by atoms with Gasteiger partial charge in [0.1, 0.15) is 0 Å². The minimum atomic E-state index is -1.17. The molecule has 1 fully saturated rings. The van der Waals surface area contributed by atoms with E-state index in [1.54, 1.807) is 0 Å². The minimum Gasteiger partial charge on any atom is -0.851 e. The van der Waals surface area contributed by atoms with Gasteiger partial charge in [0.2, 0.25) is 0 Å². The van der Waals surface area contributed by atoms with Crippen LogP contribution in [0, 0.1) is 0 Å². The molecule has 0 heterocycles. The SMILES string of the molecule is CCCN(CCC)c1c2ccccc2c(C2C([O-])C(c3c4c(N)cccc4c(N(CCC)CCC)c4cccc(N)c34)C2[O-])c2ccccc12. The molecule has 6 aromatic carbocycles. The van der Waals surface area contributed by atoms with E-state index in [0.29, 0.717) is 11.4 Å². The summed E-state index contributed by atoms with van der Waals surface area (Å²) in [6.07, 6.45) is 1.69. The van der Waals surface area contributed by atoms with E-state index in [1.165, 1.54) is 5.69 Å². The molecule has 1 aliphatic rings. The van der Waals surface area contributed by atoms with E-state index in [-0.39, 0.29) is 0 Å². The van der Waals surface area contributed by atoms with Crippen molar-refractivity contribution >= 4 is 65.8 Å². The van der Waals surface area contributed by atoms with Crippen LogP contribution in [-0.2, 0) is 0 Å². The second-order valence-corrected chi connectivity index (χ2v) is 14.1. The smallest absolute Gasteiger partial charge is 0.0527 e. The highest BCUT2D eigenvalue weighted by Crippen LogP contribution is 2.56. The topological polar surface area (TPSA) is 105 Å². The van der Waals surface area contributed by atoms with Crippen LogP contribution in [0.1, 0.15) is 76.3 Å². The molecular formula is C44H50N4O2-2. The molecule has 4 N–H and O–H groups in total. The predicted molar refractivity (Wildman–Crippen MR) is 210 cm³/mol. The van der Waals surface area contributed by atoms with Crippen molar-refractivity contribution in [2.45, 2.75) is 77.4 Å². The van der Waals surface area contributed by atoms with Gasteiger partial charge in [-0.1, -0.05) is 100 Å². The van der Waals surface area contributed by atoms with Gasteiger partial charge in [0.25, 0.3) is 0 Å². The lowest BCUT2D eigenvalue weighted by atomic mass is 9.60. The van der Waals surface area contributed by atoms with Gasteiger partial charge in [-0.25, -0.2) is 0 Å². The molecule has 0 bridgehead atoms. The first kappa shape index (κ1) is 34.0. The summed E-state index contributed by atoms with van der Waals surface area (Å²) in [6.45, 7) is 12.4. The first-order valence-electron chi connectivity index (χ1n) is 18.6. The van der Waals surface area contributed by atoms with Crippen molar-refractivity contribution in [1.29, 1.82) is 0 Å². The Kier molecular flexibility index (Phi) is 9.51. The third-order valence-corrected chi connectivity index (χ3v) is 10.9. The van der Waals surface area contributed by atoms with Gasteiger partial charge < -0.3 is 31.5 Å². The lowest BCUT2D eigenvalue weighted by Gasteiger charge is -2.62. The lowest BCUT2D eigenvalue weighted by molar-refractivity contribution is -0.535. The number of nitrogens with two attached hydrogens (primary N) is 2. The average Bonchev–Trinajstić information content (AvgIpc) is 3.11. The number of hydrogen-bond acceptors (Lipinski definition) is 6. The van der Waals surface area contributed by atoms with Gasteiger partial charge in [-0.05, 0) is 71.6 Å². The van der Waals surface area contributed by atoms with Crippen molar-refractivity contribution in [3.05, 3.63) is 96.1 Å². The zero-order chi connectivity index (χ0) is 35.1. The van der Waals surface area contributed by atoms with Crippen molar-refractivity contribution in [1.82, 2.24) is 0 Å². The molecule has 0 spiro atoms. The van der Waals surface area contributed by atoms with Crippen LogP contribution in [0.4, 0.5) is 22.7 Å². The fourth-order valence-electron chi connectivity index (χ4n) is 9.00. The summed E-state index contributed by atoms with van der Waals surface area (Å²) in [4.78, 5) is 4.90. The van der Waals surface area contributed by atoms with E-state index in [1.807, 2.05) is 36.4 Å². The van der Waals surface area contributed by atoms with Gasteiger partial charge in [-0.15, -0.1) is 12.2 Å². The van der Waals surface area contributed by atoms with Crippen LogP contribution in [0.5, 0.6) is 0 Å². The number of rotatable bonds is 12. The van der Waals surface area contributed by atoms with Crippen molar-refractivity contribution < 1.29 is 10.2 Å². The third-order valence-electron chi connectivity index (χ3n) is 10.9. The molecule has 0 radical (unpaired) electrons. The van der Waals surface area contributed by atoms with Crippen LogP contribution in [0.2, 0.25) is 0 Å². The zero-order valence-electron chi connectivity index (χ0n) is 29.9. The third kappa shape index (κ3) is 5.32. The predicted octanol–water partition coefficient (Wildman–Crippen LogP) is 8.06. The summed E-state index contributed by atoms with van der Waals surface area (Å²) >= 11 is 0. The van der Waals surface area contributed by atoms with Crippen LogP contribution in [0.25, 0.3) is 43.1 Å². The van der Waals surface area contributed by atoms with E-state index in [0.717, 1.165) is 112 Å². The normalized spacial score (nSPS) is 19.0. The lowest BCUT2D eigenvalue weighted by Crippen LogP contribution is -2.63. The summed E-state index contributed by atoms with van der Waals surface area (Å²) in [5.74, 6) is -1.51. The Hall–Kier alpha value is -4.52. The Bertz CT molecular complexity index is 2040. The Labute approximate surface area is 296 Å². The first-order valence-corrected chi connectivity index (χ1v) is 18.6. The van der Waals surface area contributed by atoms with Crippen LogP contribution < -0.4 is 31.5 Å². The fraction of sp³-hybridized carbons (Fsp3) is 0.364. The first-order chi connectivity index (χ1) is 24.4. The number of nitrogens with zero attached hydrogens (tertiary/aromatic N) is 2. The van der Waals surface area contributed by atoms with Gasteiger partial charge >= 0.3 is 0 Å². The van der Waals surface area contributed by atoms with Crippen LogP contribution in [-0.4, -0.2) is 38.4 Å². The van der Waals surface area contributed by atoms with Gasteiger partial charge in [-0.2, -0.15) is 0 Å². The Morgan fingerprint density at radius 2 is 0.800 bits per heavy atom. The number of nitrogen functional groups attached to an aromatic ring is 2. The Morgan fingerprint density at radius 3 is 1.20 bits per heavy atom. The molecular weight excluding hydrogens is 617 g/mol. The van der Waals surface area contributed by atoms with E-state index in [4.69, 9.17) is 11.5 Å². The average molecular weight is 667 g/mol. The molecule has 6 heteroatoms. The van der Waals surface area contributed by atoms with Crippen LogP contribution in [0.15, 0.2) is 84.9 Å². The quantitative estimate of drug-likeness (QED) is 0.101. The molecule has 7 rings (SSSR count). The van der Waals surface area contributed by atoms with E-state index >= 15 is 0 Å². The van der Waals surface area contributed by atoms with Crippen LogP contribution in [0.3, 0.4) is 0 Å². The van der Waals surface area contributed by atoms with Gasteiger partial charge in [0.05, 0.1) is 11.4 Å². The second-order valence-electron chi connectivity index (χ2n) is 14.1. The summed E-state index contributed by atoms with van der Waals surface area (Å²) in [6, 6.07) is 28.7. The number of anilines is 4. The second kappa shape index (κ2) is 14.0. The number of hydrogen-bond donors (Lipinski definition) is 2. The molecule has 0 aliphatic heterocycles. The molecule has 2 atom stereocenters. The van der Waals surface area contributed by atoms with E-state index < -0.39 is 24.0 Å². The molecule has 0 amide bonds. The largest absolute Gasteiger partial charge is 0.851 e. The molecule has 0 saturated heterocycles. The van der Waals surface area contributed by atoms with Gasteiger partial charge in [0, 0.05) is 69.9 Å². The van der Waals surface area contributed by atoms with Crippen molar-refractivity contribution in [2.75, 3.05) is 47.4 Å². The highest BCUT2D eigenvalue weighted by molar-refractivity contribution is 6.20. The van der Waals surface area contributed by atoms with Crippen molar-refractivity contribution in [2.24, 2.45) is 0 Å². The summed E-state index contributed by atoms with van der Waals surface area (Å²) in [7, 11) is 0. The maximum Gasteiger partial charge on any atom is 0.0527 e. The summed E-state index contributed by atoms with van der Waals surface area (Å²) < 4.78 is 0. The molecule has 260 valence electrons. The van der Waals surface area contributed by atoms with Crippen LogP contribution >= 0.6 is 0 Å².